The van der Waals surface area contributed by atoms with Crippen LogP contribution < -0.4 is 0 Å². The third-order valence-electron chi connectivity index (χ3n) is 4.98. The SMILES string of the molecule is COC(=O)c1cc(/C=C/c2cc(-c3ccccc3)c(-c3ccccc3)nn2)c(C(=O)OC)nn1. The molecule has 0 fully saturated rings. The number of benzene rings is 2. The molecule has 0 spiro atoms. The Kier molecular flexibility index (Phi) is 6.78. The summed E-state index contributed by atoms with van der Waals surface area (Å²) >= 11 is 0. The molecule has 0 bridgehead atoms. The van der Waals surface area contributed by atoms with E-state index in [2.05, 4.69) is 20.4 Å². The van der Waals surface area contributed by atoms with Crippen LogP contribution in [-0.4, -0.2) is 46.6 Å². The molecule has 0 amide bonds. The number of carbonyl (C=O) groups is 2. The monoisotopic (exact) mass is 452 g/mol. The summed E-state index contributed by atoms with van der Waals surface area (Å²) in [7, 11) is 2.48. The number of hydrogen-bond acceptors (Lipinski definition) is 8. The Morgan fingerprint density at radius 1 is 0.706 bits per heavy atom. The van der Waals surface area contributed by atoms with Crippen molar-refractivity contribution < 1.29 is 19.1 Å². The third-order valence-corrected chi connectivity index (χ3v) is 4.98. The van der Waals surface area contributed by atoms with Crippen LogP contribution in [0.5, 0.6) is 0 Å². The molecule has 4 rings (SSSR count). The fraction of sp³-hybridized carbons (Fsp3) is 0.0769. The highest BCUT2D eigenvalue weighted by Crippen LogP contribution is 2.30. The molecule has 0 aliphatic rings. The molecule has 2 aromatic carbocycles. The van der Waals surface area contributed by atoms with Gasteiger partial charge in [-0.1, -0.05) is 66.7 Å². The molecule has 0 N–H and O–H groups in total. The minimum Gasteiger partial charge on any atom is -0.464 e. The van der Waals surface area contributed by atoms with Gasteiger partial charge < -0.3 is 9.47 Å². The second-order valence-corrected chi connectivity index (χ2v) is 7.11. The molecule has 8 heteroatoms. The van der Waals surface area contributed by atoms with Gasteiger partial charge in [-0.3, -0.25) is 0 Å². The fourth-order valence-corrected chi connectivity index (χ4v) is 3.30. The second kappa shape index (κ2) is 10.3. The van der Waals surface area contributed by atoms with Crippen molar-refractivity contribution in [3.8, 4) is 22.4 Å². The number of ether oxygens (including phenoxy) is 2. The molecule has 0 atom stereocenters. The number of carbonyl (C=O) groups excluding carboxylic acids is 2. The van der Waals surface area contributed by atoms with Gasteiger partial charge in [-0.25, -0.2) is 9.59 Å². The summed E-state index contributed by atoms with van der Waals surface area (Å²) in [6.45, 7) is 0. The molecule has 2 aromatic heterocycles. The van der Waals surface area contributed by atoms with Crippen LogP contribution in [0.15, 0.2) is 72.8 Å². The van der Waals surface area contributed by atoms with Gasteiger partial charge in [0.15, 0.2) is 11.4 Å². The summed E-state index contributed by atoms with van der Waals surface area (Å²) in [5.41, 5.74) is 4.38. The van der Waals surface area contributed by atoms with Gasteiger partial charge >= 0.3 is 11.9 Å². The van der Waals surface area contributed by atoms with Crippen molar-refractivity contribution in [2.75, 3.05) is 14.2 Å². The van der Waals surface area contributed by atoms with Crippen molar-refractivity contribution in [2.24, 2.45) is 0 Å². The lowest BCUT2D eigenvalue weighted by atomic mass is 9.99. The molecule has 8 nitrogen and oxygen atoms in total. The standard InChI is InChI=1S/C26H20N4O4/c1-33-25(31)22-15-19(24(30-28-22)26(32)34-2)13-14-20-16-21(17-9-5-3-6-10-17)23(29-27-20)18-11-7-4-8-12-18/h3-16H,1-2H3/b14-13+. The Bertz CT molecular complexity index is 1360. The van der Waals surface area contributed by atoms with E-state index in [4.69, 9.17) is 9.47 Å². The van der Waals surface area contributed by atoms with Gasteiger partial charge in [-0.15, -0.1) is 15.3 Å². The van der Waals surface area contributed by atoms with E-state index in [0.717, 1.165) is 22.4 Å². The van der Waals surface area contributed by atoms with E-state index < -0.39 is 11.9 Å². The van der Waals surface area contributed by atoms with Crippen LogP contribution in [0.1, 0.15) is 32.2 Å². The summed E-state index contributed by atoms with van der Waals surface area (Å²) in [4.78, 5) is 24.0. The molecule has 4 aromatic rings. The minimum absolute atomic E-state index is 0.0368. The summed E-state index contributed by atoms with van der Waals surface area (Å²) in [6, 6.07) is 23.0. The number of aromatic nitrogens is 4. The number of nitrogens with zero attached hydrogens (tertiary/aromatic N) is 4. The predicted molar refractivity (Wildman–Crippen MR) is 127 cm³/mol. The van der Waals surface area contributed by atoms with Crippen molar-refractivity contribution in [3.05, 3.63) is 95.4 Å². The zero-order chi connectivity index (χ0) is 23.9. The summed E-state index contributed by atoms with van der Waals surface area (Å²) in [5.74, 6) is -1.35. The summed E-state index contributed by atoms with van der Waals surface area (Å²) in [6.07, 6.45) is 3.28. The topological polar surface area (TPSA) is 104 Å². The van der Waals surface area contributed by atoms with Crippen molar-refractivity contribution in [3.63, 3.8) is 0 Å². The maximum atomic E-state index is 12.1. The first kappa shape index (κ1) is 22.5. The van der Waals surface area contributed by atoms with Crippen molar-refractivity contribution in [2.45, 2.75) is 0 Å². The van der Waals surface area contributed by atoms with E-state index in [-0.39, 0.29) is 11.4 Å². The molecule has 0 saturated carbocycles. The highest BCUT2D eigenvalue weighted by Gasteiger charge is 2.18. The minimum atomic E-state index is -0.681. The molecule has 0 radical (unpaired) electrons. The van der Waals surface area contributed by atoms with E-state index >= 15 is 0 Å². The first-order chi connectivity index (χ1) is 16.6. The molecule has 0 unspecified atom stereocenters. The zero-order valence-corrected chi connectivity index (χ0v) is 18.5. The maximum absolute atomic E-state index is 12.1. The second-order valence-electron chi connectivity index (χ2n) is 7.11. The van der Waals surface area contributed by atoms with Gasteiger partial charge in [0.05, 0.1) is 19.9 Å². The normalized spacial score (nSPS) is 10.8. The molecular weight excluding hydrogens is 432 g/mol. The van der Waals surface area contributed by atoms with Crippen LogP contribution in [0.25, 0.3) is 34.5 Å². The quantitative estimate of drug-likeness (QED) is 0.398. The molecule has 0 saturated heterocycles. The Morgan fingerprint density at radius 2 is 1.35 bits per heavy atom. The fourth-order valence-electron chi connectivity index (χ4n) is 3.30. The van der Waals surface area contributed by atoms with Crippen LogP contribution in [-0.2, 0) is 9.47 Å². The Labute approximate surface area is 195 Å². The van der Waals surface area contributed by atoms with Crippen LogP contribution in [0.4, 0.5) is 0 Å². The Morgan fingerprint density at radius 3 is 2.00 bits per heavy atom. The Hall–Kier alpha value is -4.72. The summed E-state index contributed by atoms with van der Waals surface area (Å²) < 4.78 is 9.47. The Balaban J connectivity index is 1.78. The third kappa shape index (κ3) is 4.86. The molecule has 0 aliphatic carbocycles. The largest absolute Gasteiger partial charge is 0.464 e. The van der Waals surface area contributed by atoms with Gasteiger partial charge in [0.2, 0.25) is 0 Å². The molecular formula is C26H20N4O4. The highest BCUT2D eigenvalue weighted by molar-refractivity contribution is 5.95. The smallest absolute Gasteiger partial charge is 0.359 e. The maximum Gasteiger partial charge on any atom is 0.359 e. The molecule has 0 aliphatic heterocycles. The van der Waals surface area contributed by atoms with Gasteiger partial charge in [0.1, 0.15) is 5.69 Å². The van der Waals surface area contributed by atoms with E-state index in [0.29, 0.717) is 11.3 Å². The van der Waals surface area contributed by atoms with Crippen LogP contribution in [0.2, 0.25) is 0 Å². The van der Waals surface area contributed by atoms with Gasteiger partial charge in [0, 0.05) is 16.7 Å². The van der Waals surface area contributed by atoms with Crippen LogP contribution >= 0.6 is 0 Å². The lowest BCUT2D eigenvalue weighted by Crippen LogP contribution is -2.13. The van der Waals surface area contributed by atoms with Crippen LogP contribution in [0, 0.1) is 0 Å². The number of esters is 2. The van der Waals surface area contributed by atoms with Gasteiger partial charge in [-0.05, 0) is 23.8 Å². The van der Waals surface area contributed by atoms with Crippen molar-refractivity contribution in [1.82, 2.24) is 20.4 Å². The predicted octanol–water partition coefficient (Wildman–Crippen LogP) is 4.34. The molecule has 2 heterocycles. The summed E-state index contributed by atoms with van der Waals surface area (Å²) in [5, 5.41) is 16.4. The lowest BCUT2D eigenvalue weighted by Gasteiger charge is -2.09. The number of hydrogen-bond donors (Lipinski definition) is 0. The zero-order valence-electron chi connectivity index (χ0n) is 18.5. The van der Waals surface area contributed by atoms with E-state index in [1.54, 1.807) is 12.2 Å². The average molecular weight is 452 g/mol. The first-order valence-electron chi connectivity index (χ1n) is 10.3. The van der Waals surface area contributed by atoms with Gasteiger partial charge in [-0.2, -0.15) is 5.10 Å². The number of methoxy groups -OCH3 is 2. The van der Waals surface area contributed by atoms with Crippen molar-refractivity contribution in [1.29, 1.82) is 0 Å². The molecule has 34 heavy (non-hydrogen) atoms. The van der Waals surface area contributed by atoms with E-state index in [1.165, 1.54) is 20.3 Å². The molecule has 168 valence electrons. The van der Waals surface area contributed by atoms with Crippen LogP contribution in [0.3, 0.4) is 0 Å². The van der Waals surface area contributed by atoms with Crippen molar-refractivity contribution >= 4 is 24.1 Å². The van der Waals surface area contributed by atoms with E-state index in [1.807, 2.05) is 66.7 Å². The van der Waals surface area contributed by atoms with Gasteiger partial charge in [0.25, 0.3) is 0 Å². The number of rotatable bonds is 6. The highest BCUT2D eigenvalue weighted by atomic mass is 16.5. The van der Waals surface area contributed by atoms with E-state index in [9.17, 15) is 9.59 Å². The average Bonchev–Trinajstić information content (AvgIpc) is 2.91. The first-order valence-corrected chi connectivity index (χ1v) is 10.3. The lowest BCUT2D eigenvalue weighted by molar-refractivity contribution is 0.0573.